The molecule has 0 amide bonds. The van der Waals surface area contributed by atoms with E-state index in [9.17, 15) is 22.8 Å². The van der Waals surface area contributed by atoms with Crippen LogP contribution in [0.5, 0.6) is 0 Å². The molecule has 0 radical (unpaired) electrons. The van der Waals surface area contributed by atoms with Crippen LogP contribution in [0.1, 0.15) is 50.8 Å². The van der Waals surface area contributed by atoms with Gasteiger partial charge in [0.2, 0.25) is 0 Å². The molecule has 0 saturated carbocycles. The van der Waals surface area contributed by atoms with E-state index < -0.39 is 29.3 Å². The third-order valence-electron chi connectivity index (χ3n) is 3.38. The molecule has 1 heterocycles. The zero-order valence-corrected chi connectivity index (χ0v) is 14.4. The molecule has 1 aromatic heterocycles. The minimum Gasteiger partial charge on any atom is -0.501 e. The molecular formula is C17H22F3NO4. The van der Waals surface area contributed by atoms with Crippen LogP contribution in [0.15, 0.2) is 23.3 Å². The molecule has 1 aromatic rings. The molecule has 0 aromatic carbocycles. The molecular weight excluding hydrogens is 339 g/mol. The van der Waals surface area contributed by atoms with Gasteiger partial charge in [0.05, 0.1) is 25.0 Å². The highest BCUT2D eigenvalue weighted by Gasteiger charge is 2.35. The van der Waals surface area contributed by atoms with Crippen molar-refractivity contribution in [3.05, 3.63) is 40.0 Å². The lowest BCUT2D eigenvalue weighted by Gasteiger charge is -2.20. The van der Waals surface area contributed by atoms with Crippen LogP contribution in [0.25, 0.3) is 6.08 Å². The zero-order chi connectivity index (χ0) is 19.0. The van der Waals surface area contributed by atoms with Crippen LogP contribution in [0, 0.1) is 0 Å². The number of esters is 1. The van der Waals surface area contributed by atoms with E-state index in [0.29, 0.717) is 19.1 Å². The Labute approximate surface area is 144 Å². The number of ether oxygens (including phenoxy) is 2. The van der Waals surface area contributed by atoms with Gasteiger partial charge in [0.1, 0.15) is 6.04 Å². The SMILES string of the molecule is CCCC(C(=O)OCC)n1cc(/C=C/OCC)c(C(F)(F)F)cc1=O. The predicted molar refractivity (Wildman–Crippen MR) is 86.9 cm³/mol. The number of aromatic nitrogens is 1. The summed E-state index contributed by atoms with van der Waals surface area (Å²) in [5, 5.41) is 0. The van der Waals surface area contributed by atoms with Crippen molar-refractivity contribution in [1.29, 1.82) is 0 Å². The van der Waals surface area contributed by atoms with E-state index in [2.05, 4.69) is 0 Å². The first-order valence-electron chi connectivity index (χ1n) is 8.04. The van der Waals surface area contributed by atoms with Crippen molar-refractivity contribution in [1.82, 2.24) is 4.57 Å². The Hall–Kier alpha value is -2.25. The number of nitrogens with zero attached hydrogens (tertiary/aromatic N) is 1. The fourth-order valence-electron chi connectivity index (χ4n) is 2.29. The maximum absolute atomic E-state index is 13.2. The molecule has 140 valence electrons. The summed E-state index contributed by atoms with van der Waals surface area (Å²) in [5.41, 5.74) is -2.25. The van der Waals surface area contributed by atoms with Crippen molar-refractivity contribution in [3.8, 4) is 0 Å². The van der Waals surface area contributed by atoms with Gasteiger partial charge in [-0.25, -0.2) is 4.79 Å². The average molecular weight is 361 g/mol. The third-order valence-corrected chi connectivity index (χ3v) is 3.38. The number of hydrogen-bond donors (Lipinski definition) is 0. The van der Waals surface area contributed by atoms with Crippen LogP contribution in [0.3, 0.4) is 0 Å². The average Bonchev–Trinajstić information content (AvgIpc) is 2.53. The Kier molecular flexibility index (Phi) is 7.73. The minimum absolute atomic E-state index is 0.117. The molecule has 1 unspecified atom stereocenters. The fraction of sp³-hybridized carbons (Fsp3) is 0.529. The number of halogens is 3. The third kappa shape index (κ3) is 5.65. The Balaban J connectivity index is 3.47. The Morgan fingerprint density at radius 1 is 1.28 bits per heavy atom. The summed E-state index contributed by atoms with van der Waals surface area (Å²) < 4.78 is 50.4. The first kappa shape index (κ1) is 20.8. The van der Waals surface area contributed by atoms with Gasteiger partial charge in [-0.15, -0.1) is 0 Å². The lowest BCUT2D eigenvalue weighted by atomic mass is 10.1. The smallest absolute Gasteiger partial charge is 0.417 e. The number of carbonyl (C=O) groups excluding carboxylic acids is 1. The van der Waals surface area contributed by atoms with Crippen molar-refractivity contribution in [2.75, 3.05) is 13.2 Å². The van der Waals surface area contributed by atoms with Gasteiger partial charge in [-0.05, 0) is 26.3 Å². The summed E-state index contributed by atoms with van der Waals surface area (Å²) in [7, 11) is 0. The summed E-state index contributed by atoms with van der Waals surface area (Å²) in [6.07, 6.45) is -0.596. The van der Waals surface area contributed by atoms with Gasteiger partial charge in [-0.1, -0.05) is 13.3 Å². The highest BCUT2D eigenvalue weighted by molar-refractivity contribution is 5.74. The van der Waals surface area contributed by atoms with Crippen LogP contribution in [-0.4, -0.2) is 23.8 Å². The van der Waals surface area contributed by atoms with Crippen LogP contribution < -0.4 is 5.56 Å². The number of carbonyl (C=O) groups is 1. The van der Waals surface area contributed by atoms with Crippen LogP contribution in [0.4, 0.5) is 13.2 Å². The Morgan fingerprint density at radius 2 is 1.96 bits per heavy atom. The first-order valence-corrected chi connectivity index (χ1v) is 8.04. The molecule has 5 nitrogen and oxygen atoms in total. The summed E-state index contributed by atoms with van der Waals surface area (Å²) in [5.74, 6) is -0.647. The normalized spacial score (nSPS) is 13.0. The molecule has 8 heteroatoms. The van der Waals surface area contributed by atoms with Gasteiger partial charge < -0.3 is 14.0 Å². The number of alkyl halides is 3. The molecule has 0 bridgehead atoms. The van der Waals surface area contributed by atoms with Crippen LogP contribution >= 0.6 is 0 Å². The Bertz CT molecular complexity index is 665. The van der Waals surface area contributed by atoms with Gasteiger partial charge in [-0.3, -0.25) is 4.79 Å². The second-order valence-corrected chi connectivity index (χ2v) is 5.20. The van der Waals surface area contributed by atoms with E-state index in [1.165, 1.54) is 0 Å². The predicted octanol–water partition coefficient (Wildman–Crippen LogP) is 3.78. The van der Waals surface area contributed by atoms with Crippen LogP contribution in [-0.2, 0) is 20.4 Å². The quantitative estimate of drug-likeness (QED) is 0.522. The standard InChI is InChI=1S/C17H22F3NO4/c1-4-7-14(16(23)25-6-3)21-11-12(8-9-24-5-2)13(10-15(21)22)17(18,19)20/h8-11,14H,4-7H2,1-3H3/b9-8+. The van der Waals surface area contributed by atoms with E-state index in [4.69, 9.17) is 9.47 Å². The molecule has 0 fully saturated rings. The van der Waals surface area contributed by atoms with Crippen molar-refractivity contribution in [2.45, 2.75) is 45.8 Å². The van der Waals surface area contributed by atoms with Gasteiger partial charge in [0.15, 0.2) is 0 Å². The lowest BCUT2D eigenvalue weighted by molar-refractivity contribution is -0.147. The zero-order valence-electron chi connectivity index (χ0n) is 14.4. The van der Waals surface area contributed by atoms with Gasteiger partial charge in [-0.2, -0.15) is 13.2 Å². The second-order valence-electron chi connectivity index (χ2n) is 5.20. The summed E-state index contributed by atoms with van der Waals surface area (Å²) >= 11 is 0. The number of hydrogen-bond acceptors (Lipinski definition) is 4. The van der Waals surface area contributed by atoms with Crippen molar-refractivity contribution in [2.24, 2.45) is 0 Å². The van der Waals surface area contributed by atoms with E-state index in [0.717, 1.165) is 23.1 Å². The molecule has 1 atom stereocenters. The maximum atomic E-state index is 13.2. The van der Waals surface area contributed by atoms with E-state index in [1.807, 2.05) is 0 Å². The summed E-state index contributed by atoms with van der Waals surface area (Å²) in [6.45, 7) is 5.52. The van der Waals surface area contributed by atoms with Crippen molar-refractivity contribution >= 4 is 12.0 Å². The highest BCUT2D eigenvalue weighted by atomic mass is 19.4. The first-order chi connectivity index (χ1) is 11.8. The number of pyridine rings is 1. The van der Waals surface area contributed by atoms with Gasteiger partial charge in [0, 0.05) is 17.8 Å². The van der Waals surface area contributed by atoms with E-state index >= 15 is 0 Å². The van der Waals surface area contributed by atoms with E-state index in [1.54, 1.807) is 20.8 Å². The monoisotopic (exact) mass is 361 g/mol. The largest absolute Gasteiger partial charge is 0.501 e. The lowest BCUT2D eigenvalue weighted by Crippen LogP contribution is -2.32. The molecule has 0 spiro atoms. The highest BCUT2D eigenvalue weighted by Crippen LogP contribution is 2.32. The molecule has 1 rings (SSSR count). The molecule has 25 heavy (non-hydrogen) atoms. The van der Waals surface area contributed by atoms with Crippen LogP contribution in [0.2, 0.25) is 0 Å². The van der Waals surface area contributed by atoms with E-state index in [-0.39, 0.29) is 18.6 Å². The molecule has 0 aliphatic rings. The maximum Gasteiger partial charge on any atom is 0.417 e. The fourth-order valence-corrected chi connectivity index (χ4v) is 2.29. The second kappa shape index (κ2) is 9.29. The van der Waals surface area contributed by atoms with Gasteiger partial charge in [0.25, 0.3) is 5.56 Å². The van der Waals surface area contributed by atoms with Crippen molar-refractivity contribution in [3.63, 3.8) is 0 Å². The topological polar surface area (TPSA) is 57.5 Å². The Morgan fingerprint density at radius 3 is 2.48 bits per heavy atom. The minimum atomic E-state index is -4.70. The molecule has 0 aliphatic carbocycles. The molecule has 0 aliphatic heterocycles. The summed E-state index contributed by atoms with van der Waals surface area (Å²) in [6, 6.07) is -0.480. The van der Waals surface area contributed by atoms with Gasteiger partial charge >= 0.3 is 12.1 Å². The van der Waals surface area contributed by atoms with Crippen molar-refractivity contribution < 1.29 is 27.4 Å². The number of rotatable bonds is 8. The summed E-state index contributed by atoms with van der Waals surface area (Å²) in [4.78, 5) is 24.3. The molecule has 0 N–H and O–H groups in total. The molecule has 0 saturated heterocycles.